The monoisotopic (exact) mass is 277 g/mol. The number of carbonyl (C=O) groups excluding carboxylic acids is 1. The van der Waals surface area contributed by atoms with E-state index in [1.807, 2.05) is 23.8 Å². The van der Waals surface area contributed by atoms with Crippen molar-refractivity contribution >= 4 is 5.91 Å². The van der Waals surface area contributed by atoms with E-state index in [0.717, 1.165) is 31.5 Å². The first-order valence-corrected chi connectivity index (χ1v) is 7.28. The second kappa shape index (κ2) is 6.70. The van der Waals surface area contributed by atoms with E-state index >= 15 is 0 Å². The molecule has 0 aromatic carbocycles. The van der Waals surface area contributed by atoms with Crippen molar-refractivity contribution in [2.75, 3.05) is 6.61 Å². The van der Waals surface area contributed by atoms with E-state index in [1.54, 1.807) is 6.20 Å². The van der Waals surface area contributed by atoms with Crippen LogP contribution in [0.4, 0.5) is 0 Å². The third kappa shape index (κ3) is 3.28. The van der Waals surface area contributed by atoms with Crippen LogP contribution in [0.5, 0.6) is 0 Å². The van der Waals surface area contributed by atoms with E-state index in [-0.39, 0.29) is 24.5 Å². The van der Waals surface area contributed by atoms with Gasteiger partial charge < -0.3 is 10.4 Å². The molecule has 2 atom stereocenters. The summed E-state index contributed by atoms with van der Waals surface area (Å²) in [5.41, 5.74) is 1.55. The molecule has 20 heavy (non-hydrogen) atoms. The minimum absolute atomic E-state index is 0.0121. The zero-order valence-corrected chi connectivity index (χ0v) is 12.2. The number of aryl methyl sites for hydroxylation is 1. The minimum Gasteiger partial charge on any atom is -0.396 e. The smallest absolute Gasteiger partial charge is 0.255 e. The number of aliphatic hydroxyl groups is 1. The van der Waals surface area contributed by atoms with Gasteiger partial charge in [-0.15, -0.1) is 0 Å². The molecule has 1 aliphatic carbocycles. The second-order valence-electron chi connectivity index (χ2n) is 5.36. The Bertz CT molecular complexity index is 493. The van der Waals surface area contributed by atoms with Gasteiger partial charge in [-0.25, -0.2) is 0 Å². The number of rotatable bonds is 6. The van der Waals surface area contributed by atoms with Crippen LogP contribution in [0.3, 0.4) is 0 Å². The summed E-state index contributed by atoms with van der Waals surface area (Å²) >= 11 is 0. The maximum absolute atomic E-state index is 12.2. The summed E-state index contributed by atoms with van der Waals surface area (Å²) < 4.78 is 1.89. The van der Waals surface area contributed by atoms with Crippen molar-refractivity contribution < 1.29 is 9.90 Å². The molecule has 2 rings (SSSR count). The van der Waals surface area contributed by atoms with E-state index in [4.69, 9.17) is 5.11 Å². The topological polar surface area (TPSA) is 67.2 Å². The first kappa shape index (κ1) is 14.8. The Balaban J connectivity index is 1.96. The van der Waals surface area contributed by atoms with E-state index in [1.165, 1.54) is 0 Å². The third-order valence-corrected chi connectivity index (χ3v) is 3.79. The van der Waals surface area contributed by atoms with Crippen LogP contribution in [0.15, 0.2) is 18.3 Å². The van der Waals surface area contributed by atoms with Crippen LogP contribution in [0.1, 0.15) is 42.2 Å². The molecular formula is C15H23N3O2. The van der Waals surface area contributed by atoms with Crippen LogP contribution < -0.4 is 5.32 Å². The second-order valence-corrected chi connectivity index (χ2v) is 5.36. The molecule has 0 aliphatic heterocycles. The highest BCUT2D eigenvalue weighted by Crippen LogP contribution is 2.18. The molecule has 1 amide bonds. The average Bonchev–Trinajstić information content (AvgIpc) is 3.03. The molecular weight excluding hydrogens is 254 g/mol. The fraction of sp³-hybridized carbons (Fsp3) is 0.600. The highest BCUT2D eigenvalue weighted by molar-refractivity contribution is 5.95. The summed E-state index contributed by atoms with van der Waals surface area (Å²) in [6, 6.07) is 0.0121. The van der Waals surface area contributed by atoms with Gasteiger partial charge in [0, 0.05) is 30.8 Å². The van der Waals surface area contributed by atoms with Gasteiger partial charge in [0.2, 0.25) is 0 Å². The summed E-state index contributed by atoms with van der Waals surface area (Å²) in [5.74, 6) is 0.0761. The molecule has 1 heterocycles. The largest absolute Gasteiger partial charge is 0.396 e. The molecule has 1 aromatic heterocycles. The molecule has 5 heteroatoms. The molecule has 5 nitrogen and oxygen atoms in total. The number of aliphatic hydroxyl groups excluding tert-OH is 1. The average molecular weight is 277 g/mol. The van der Waals surface area contributed by atoms with Gasteiger partial charge in [-0.1, -0.05) is 25.5 Å². The van der Waals surface area contributed by atoms with Crippen molar-refractivity contribution in [3.8, 4) is 0 Å². The molecule has 2 N–H and O–H groups in total. The maximum atomic E-state index is 12.2. The van der Waals surface area contributed by atoms with Gasteiger partial charge in [0.15, 0.2) is 0 Å². The van der Waals surface area contributed by atoms with Crippen molar-refractivity contribution in [1.82, 2.24) is 15.1 Å². The number of nitrogens with zero attached hydrogens (tertiary/aromatic N) is 2. The van der Waals surface area contributed by atoms with Crippen LogP contribution in [0.2, 0.25) is 0 Å². The molecule has 1 aliphatic rings. The Kier molecular flexibility index (Phi) is 4.95. The first-order valence-electron chi connectivity index (χ1n) is 7.28. The van der Waals surface area contributed by atoms with Crippen LogP contribution in [-0.2, 0) is 6.54 Å². The fourth-order valence-corrected chi connectivity index (χ4v) is 2.47. The molecule has 0 spiro atoms. The van der Waals surface area contributed by atoms with E-state index in [2.05, 4.69) is 17.3 Å². The van der Waals surface area contributed by atoms with Crippen LogP contribution >= 0.6 is 0 Å². The molecule has 0 fully saturated rings. The summed E-state index contributed by atoms with van der Waals surface area (Å²) in [5, 5.41) is 16.3. The predicted molar refractivity (Wildman–Crippen MR) is 77.5 cm³/mol. The van der Waals surface area contributed by atoms with Crippen molar-refractivity contribution in [2.24, 2.45) is 5.92 Å². The SMILES string of the molecule is CCCCn1ncc(C(=O)N[C@@H]2C=C[C@H](CO)C2)c1C. The molecule has 110 valence electrons. The highest BCUT2D eigenvalue weighted by atomic mass is 16.3. The van der Waals surface area contributed by atoms with Crippen molar-refractivity contribution in [1.29, 1.82) is 0 Å². The summed E-state index contributed by atoms with van der Waals surface area (Å²) in [6.45, 7) is 5.05. The van der Waals surface area contributed by atoms with Gasteiger partial charge >= 0.3 is 0 Å². The minimum atomic E-state index is -0.0847. The molecule has 0 bridgehead atoms. The molecule has 0 unspecified atom stereocenters. The summed E-state index contributed by atoms with van der Waals surface area (Å²) in [6.07, 6.45) is 8.50. The zero-order valence-electron chi connectivity index (χ0n) is 12.2. The van der Waals surface area contributed by atoms with Gasteiger partial charge in [0.25, 0.3) is 5.91 Å². The normalized spacial score (nSPS) is 21.4. The van der Waals surface area contributed by atoms with Crippen molar-refractivity contribution in [3.05, 3.63) is 29.6 Å². The van der Waals surface area contributed by atoms with E-state index in [0.29, 0.717) is 5.56 Å². The van der Waals surface area contributed by atoms with Gasteiger partial charge in [-0.05, 0) is 19.8 Å². The standard InChI is InChI=1S/C15H23N3O2/c1-3-4-7-18-11(2)14(9-16-18)15(20)17-13-6-5-12(8-13)10-19/h5-6,9,12-13,19H,3-4,7-8,10H2,1-2H3,(H,17,20)/t12-,13+/m0/s1. The predicted octanol–water partition coefficient (Wildman–Crippen LogP) is 1.66. The number of aromatic nitrogens is 2. The van der Waals surface area contributed by atoms with E-state index in [9.17, 15) is 4.79 Å². The van der Waals surface area contributed by atoms with Gasteiger partial charge in [-0.3, -0.25) is 9.48 Å². The lowest BCUT2D eigenvalue weighted by Crippen LogP contribution is -2.33. The zero-order chi connectivity index (χ0) is 14.5. The van der Waals surface area contributed by atoms with Crippen molar-refractivity contribution in [3.63, 3.8) is 0 Å². The number of carbonyl (C=O) groups is 1. The molecule has 0 saturated carbocycles. The quantitative estimate of drug-likeness (QED) is 0.777. The Morgan fingerprint density at radius 3 is 3.00 bits per heavy atom. The molecule has 0 saturated heterocycles. The fourth-order valence-electron chi connectivity index (χ4n) is 2.47. The maximum Gasteiger partial charge on any atom is 0.255 e. The van der Waals surface area contributed by atoms with Crippen molar-refractivity contribution in [2.45, 2.75) is 45.7 Å². The molecule has 0 radical (unpaired) electrons. The van der Waals surface area contributed by atoms with Crippen LogP contribution in [0.25, 0.3) is 0 Å². The van der Waals surface area contributed by atoms with Crippen LogP contribution in [0, 0.1) is 12.8 Å². The Morgan fingerprint density at radius 2 is 2.35 bits per heavy atom. The lowest BCUT2D eigenvalue weighted by Gasteiger charge is -2.12. The number of hydrogen-bond acceptors (Lipinski definition) is 3. The van der Waals surface area contributed by atoms with E-state index < -0.39 is 0 Å². The van der Waals surface area contributed by atoms with Crippen LogP contribution in [-0.4, -0.2) is 33.4 Å². The Labute approximate surface area is 119 Å². The third-order valence-electron chi connectivity index (χ3n) is 3.79. The summed E-state index contributed by atoms with van der Waals surface area (Å²) in [4.78, 5) is 12.2. The van der Waals surface area contributed by atoms with Gasteiger partial charge in [-0.2, -0.15) is 5.10 Å². The Morgan fingerprint density at radius 1 is 1.55 bits per heavy atom. The lowest BCUT2D eigenvalue weighted by molar-refractivity contribution is 0.0940. The number of amides is 1. The number of unbranched alkanes of at least 4 members (excludes halogenated alkanes) is 1. The highest BCUT2D eigenvalue weighted by Gasteiger charge is 2.22. The summed E-state index contributed by atoms with van der Waals surface area (Å²) in [7, 11) is 0. The van der Waals surface area contributed by atoms with Gasteiger partial charge in [0.05, 0.1) is 11.8 Å². The molecule has 1 aromatic rings. The van der Waals surface area contributed by atoms with Gasteiger partial charge in [0.1, 0.15) is 0 Å². The lowest BCUT2D eigenvalue weighted by atomic mass is 10.1. The Hall–Kier alpha value is -1.62. The number of nitrogens with one attached hydrogen (secondary N) is 1. The number of hydrogen-bond donors (Lipinski definition) is 2. The first-order chi connectivity index (χ1) is 9.65.